The Morgan fingerprint density at radius 3 is 2.21 bits per heavy atom. The van der Waals surface area contributed by atoms with Gasteiger partial charge in [0.05, 0.1) is 32.6 Å². The van der Waals surface area contributed by atoms with Crippen LogP contribution >= 0.6 is 0 Å². The van der Waals surface area contributed by atoms with Gasteiger partial charge in [0.2, 0.25) is 0 Å². The van der Waals surface area contributed by atoms with E-state index < -0.39 is 0 Å². The van der Waals surface area contributed by atoms with Gasteiger partial charge in [0.15, 0.2) is 0 Å². The quantitative estimate of drug-likeness (QED) is 0.379. The summed E-state index contributed by atoms with van der Waals surface area (Å²) in [6, 6.07) is 22.8. The highest BCUT2D eigenvalue weighted by Crippen LogP contribution is 2.35. The van der Waals surface area contributed by atoms with Gasteiger partial charge in [0.25, 0.3) is 5.91 Å². The summed E-state index contributed by atoms with van der Waals surface area (Å²) in [6.45, 7) is 0.443. The molecule has 1 amide bonds. The Bertz CT molecular complexity index is 1270. The smallest absolute Gasteiger partial charge is 0.257 e. The fourth-order valence-electron chi connectivity index (χ4n) is 3.72. The average molecular weight is 458 g/mol. The SMILES string of the molecule is COc1ccc(CN(C)C(=O)c2cn(-c3ccccc3)nc2-c2ccc(OC)cc2OC)cc1. The Kier molecular flexibility index (Phi) is 6.82. The molecular formula is C27H27N3O4. The Morgan fingerprint density at radius 1 is 0.882 bits per heavy atom. The van der Waals surface area contributed by atoms with Crippen LogP contribution in [0.1, 0.15) is 15.9 Å². The molecule has 0 spiro atoms. The van der Waals surface area contributed by atoms with Crippen LogP contribution in [0.3, 0.4) is 0 Å². The first kappa shape index (κ1) is 22.9. The Balaban J connectivity index is 1.74. The molecule has 1 aromatic heterocycles. The molecule has 0 aliphatic heterocycles. The van der Waals surface area contributed by atoms with Gasteiger partial charge in [-0.05, 0) is 42.0 Å². The van der Waals surface area contributed by atoms with Crippen LogP contribution in [0.5, 0.6) is 17.2 Å². The molecule has 0 radical (unpaired) electrons. The Labute approximate surface area is 199 Å². The number of ether oxygens (including phenoxy) is 3. The zero-order valence-corrected chi connectivity index (χ0v) is 19.7. The Morgan fingerprint density at radius 2 is 1.56 bits per heavy atom. The molecule has 0 aliphatic carbocycles. The van der Waals surface area contributed by atoms with Crippen molar-refractivity contribution in [1.29, 1.82) is 0 Å². The second-order valence-corrected chi connectivity index (χ2v) is 7.75. The molecule has 0 saturated heterocycles. The predicted octanol–water partition coefficient (Wildman–Crippen LogP) is 4.84. The zero-order valence-electron chi connectivity index (χ0n) is 19.7. The summed E-state index contributed by atoms with van der Waals surface area (Å²) < 4.78 is 17.9. The highest BCUT2D eigenvalue weighted by Gasteiger charge is 2.24. The van der Waals surface area contributed by atoms with Crippen molar-refractivity contribution in [3.8, 4) is 34.2 Å². The van der Waals surface area contributed by atoms with Gasteiger partial charge in [-0.1, -0.05) is 30.3 Å². The molecule has 3 aromatic carbocycles. The van der Waals surface area contributed by atoms with E-state index in [0.717, 1.165) is 17.0 Å². The van der Waals surface area contributed by atoms with Gasteiger partial charge >= 0.3 is 0 Å². The van der Waals surface area contributed by atoms with Crippen LogP contribution in [0, 0.1) is 0 Å². The highest BCUT2D eigenvalue weighted by molar-refractivity contribution is 6.00. The van der Waals surface area contributed by atoms with Crippen molar-refractivity contribution >= 4 is 5.91 Å². The molecule has 0 fully saturated rings. The highest BCUT2D eigenvalue weighted by atomic mass is 16.5. The first-order valence-electron chi connectivity index (χ1n) is 10.8. The van der Waals surface area contributed by atoms with Gasteiger partial charge in [0.1, 0.15) is 22.9 Å². The van der Waals surface area contributed by atoms with Crippen molar-refractivity contribution in [3.63, 3.8) is 0 Å². The molecule has 0 atom stereocenters. The van der Waals surface area contributed by atoms with Gasteiger partial charge in [-0.15, -0.1) is 0 Å². The number of benzene rings is 3. The van der Waals surface area contributed by atoms with Gasteiger partial charge in [-0.3, -0.25) is 4.79 Å². The van der Waals surface area contributed by atoms with Crippen LogP contribution in [-0.4, -0.2) is 49.0 Å². The van der Waals surface area contributed by atoms with E-state index in [9.17, 15) is 4.79 Å². The third kappa shape index (κ3) is 4.73. The normalized spacial score (nSPS) is 10.6. The van der Waals surface area contributed by atoms with Gasteiger partial charge in [0, 0.05) is 31.4 Å². The first-order valence-corrected chi connectivity index (χ1v) is 10.8. The number of methoxy groups -OCH3 is 3. The van der Waals surface area contributed by atoms with E-state index in [1.807, 2.05) is 66.7 Å². The summed E-state index contributed by atoms with van der Waals surface area (Å²) in [5, 5.41) is 4.78. The number of hydrogen-bond donors (Lipinski definition) is 0. The van der Waals surface area contributed by atoms with Crippen molar-refractivity contribution < 1.29 is 19.0 Å². The number of carbonyl (C=O) groups excluding carboxylic acids is 1. The number of carbonyl (C=O) groups is 1. The van der Waals surface area contributed by atoms with Crippen molar-refractivity contribution in [1.82, 2.24) is 14.7 Å². The molecule has 7 heteroatoms. The maximum absolute atomic E-state index is 13.6. The average Bonchev–Trinajstić information content (AvgIpc) is 3.34. The lowest BCUT2D eigenvalue weighted by Gasteiger charge is -2.18. The monoisotopic (exact) mass is 457 g/mol. The number of para-hydroxylation sites is 1. The molecule has 0 bridgehead atoms. The van der Waals surface area contributed by atoms with E-state index in [4.69, 9.17) is 19.3 Å². The molecule has 4 rings (SSSR count). The molecule has 1 heterocycles. The summed E-state index contributed by atoms with van der Waals surface area (Å²) in [6.07, 6.45) is 1.77. The fraction of sp³-hybridized carbons (Fsp3) is 0.185. The number of aromatic nitrogens is 2. The second kappa shape index (κ2) is 10.1. The topological polar surface area (TPSA) is 65.8 Å². The van der Waals surface area contributed by atoms with E-state index >= 15 is 0 Å². The zero-order chi connectivity index (χ0) is 24.1. The van der Waals surface area contributed by atoms with E-state index in [1.165, 1.54) is 0 Å². The first-order chi connectivity index (χ1) is 16.5. The molecular weight excluding hydrogens is 430 g/mol. The minimum atomic E-state index is -0.147. The van der Waals surface area contributed by atoms with Crippen molar-refractivity contribution in [2.24, 2.45) is 0 Å². The number of nitrogens with zero attached hydrogens (tertiary/aromatic N) is 3. The summed E-state index contributed by atoms with van der Waals surface area (Å²) in [4.78, 5) is 15.3. The predicted molar refractivity (Wildman–Crippen MR) is 131 cm³/mol. The van der Waals surface area contributed by atoms with Crippen LogP contribution in [0.25, 0.3) is 16.9 Å². The third-order valence-corrected chi connectivity index (χ3v) is 5.55. The van der Waals surface area contributed by atoms with Gasteiger partial charge in [-0.2, -0.15) is 5.10 Å². The molecule has 0 aliphatic rings. The molecule has 34 heavy (non-hydrogen) atoms. The molecule has 174 valence electrons. The lowest BCUT2D eigenvalue weighted by atomic mass is 10.1. The van der Waals surface area contributed by atoms with Crippen molar-refractivity contribution in [2.75, 3.05) is 28.4 Å². The maximum Gasteiger partial charge on any atom is 0.257 e. The minimum Gasteiger partial charge on any atom is -0.497 e. The lowest BCUT2D eigenvalue weighted by Crippen LogP contribution is -2.26. The van der Waals surface area contributed by atoms with Crippen LogP contribution in [-0.2, 0) is 6.54 Å². The molecule has 4 aromatic rings. The molecule has 0 saturated carbocycles. The number of rotatable bonds is 8. The van der Waals surface area contributed by atoms with Crippen LogP contribution in [0.4, 0.5) is 0 Å². The molecule has 0 N–H and O–H groups in total. The van der Waals surface area contributed by atoms with E-state index in [-0.39, 0.29) is 5.91 Å². The van der Waals surface area contributed by atoms with E-state index in [2.05, 4.69) is 0 Å². The lowest BCUT2D eigenvalue weighted by molar-refractivity contribution is 0.0786. The number of hydrogen-bond acceptors (Lipinski definition) is 5. The largest absolute Gasteiger partial charge is 0.497 e. The number of amides is 1. The maximum atomic E-state index is 13.6. The summed E-state index contributed by atoms with van der Waals surface area (Å²) in [7, 11) is 6.59. The van der Waals surface area contributed by atoms with E-state index in [0.29, 0.717) is 34.9 Å². The third-order valence-electron chi connectivity index (χ3n) is 5.55. The summed E-state index contributed by atoms with van der Waals surface area (Å²) in [5.41, 5.74) is 3.57. The second-order valence-electron chi connectivity index (χ2n) is 7.75. The summed E-state index contributed by atoms with van der Waals surface area (Å²) >= 11 is 0. The van der Waals surface area contributed by atoms with Crippen LogP contribution < -0.4 is 14.2 Å². The standard InChI is InChI=1S/C27H27N3O4/c1-29(17-19-10-12-21(32-2)13-11-19)27(31)24-18-30(20-8-6-5-7-9-20)28-26(24)23-15-14-22(33-3)16-25(23)34-4/h5-16,18H,17H2,1-4H3. The molecule has 7 nitrogen and oxygen atoms in total. The van der Waals surface area contributed by atoms with Crippen LogP contribution in [0.2, 0.25) is 0 Å². The van der Waals surface area contributed by atoms with Gasteiger partial charge < -0.3 is 19.1 Å². The van der Waals surface area contributed by atoms with Crippen molar-refractivity contribution in [3.05, 3.63) is 90.1 Å². The fourth-order valence-corrected chi connectivity index (χ4v) is 3.72. The minimum absolute atomic E-state index is 0.147. The molecule has 0 unspecified atom stereocenters. The van der Waals surface area contributed by atoms with Crippen molar-refractivity contribution in [2.45, 2.75) is 6.54 Å². The Hall–Kier alpha value is -4.26. The van der Waals surface area contributed by atoms with Gasteiger partial charge in [-0.25, -0.2) is 4.68 Å². The summed E-state index contributed by atoms with van der Waals surface area (Å²) in [5.74, 6) is 1.86. The van der Waals surface area contributed by atoms with Crippen LogP contribution in [0.15, 0.2) is 79.0 Å². The van der Waals surface area contributed by atoms with E-state index in [1.54, 1.807) is 50.2 Å².